The first-order chi connectivity index (χ1) is 12.1. The molecule has 0 spiro atoms. The van der Waals surface area contributed by atoms with Crippen molar-refractivity contribution in [1.82, 2.24) is 30.9 Å². The molecule has 2 aromatic rings. The number of amides is 4. The van der Waals surface area contributed by atoms with Crippen LogP contribution in [-0.2, 0) is 4.79 Å². The summed E-state index contributed by atoms with van der Waals surface area (Å²) in [5, 5.41) is 15.8. The Hall–Kier alpha value is -3.23. The van der Waals surface area contributed by atoms with Crippen molar-refractivity contribution in [2.75, 3.05) is 6.54 Å². The predicted molar refractivity (Wildman–Crippen MR) is 85.8 cm³/mol. The average Bonchev–Trinajstić information content (AvgIpc) is 3.27. The topological polar surface area (TPSA) is 118 Å². The minimum atomic E-state index is -1.07. The van der Waals surface area contributed by atoms with Crippen molar-refractivity contribution in [2.24, 2.45) is 5.92 Å². The maximum atomic E-state index is 12.3. The number of hydrogen-bond donors (Lipinski definition) is 3. The molecule has 0 unspecified atom stereocenters. The SMILES string of the molecule is O=C1NC(=O)[C@](CNC(=O)c2cnn(-c3ccccc3)n2)(C2CC2)N1. The van der Waals surface area contributed by atoms with E-state index in [0.717, 1.165) is 18.5 Å². The molecule has 2 fully saturated rings. The number of hydrogen-bond acceptors (Lipinski definition) is 5. The lowest BCUT2D eigenvalue weighted by Crippen LogP contribution is -2.57. The van der Waals surface area contributed by atoms with E-state index in [4.69, 9.17) is 0 Å². The second-order valence-corrected chi connectivity index (χ2v) is 6.19. The summed E-state index contributed by atoms with van der Waals surface area (Å²) >= 11 is 0. The predicted octanol–water partition coefficient (Wildman–Crippen LogP) is -0.0147. The van der Waals surface area contributed by atoms with Crippen LogP contribution in [0.2, 0.25) is 0 Å². The fourth-order valence-electron chi connectivity index (χ4n) is 3.00. The summed E-state index contributed by atoms with van der Waals surface area (Å²) in [6.45, 7) is 0.0201. The van der Waals surface area contributed by atoms with E-state index in [0.29, 0.717) is 0 Å². The summed E-state index contributed by atoms with van der Waals surface area (Å²) in [6, 6.07) is 8.68. The van der Waals surface area contributed by atoms with Crippen LogP contribution in [0.3, 0.4) is 0 Å². The third-order valence-electron chi connectivity index (χ3n) is 4.48. The average molecular weight is 340 g/mol. The molecule has 9 heteroatoms. The van der Waals surface area contributed by atoms with Gasteiger partial charge in [0, 0.05) is 0 Å². The number of carbonyl (C=O) groups is 3. The highest BCUT2D eigenvalue weighted by molar-refractivity contribution is 6.08. The van der Waals surface area contributed by atoms with Gasteiger partial charge in [0.1, 0.15) is 5.54 Å². The Kier molecular flexibility index (Phi) is 3.48. The normalized spacial score (nSPS) is 22.4. The van der Waals surface area contributed by atoms with Crippen molar-refractivity contribution in [3.63, 3.8) is 0 Å². The Morgan fingerprint density at radius 1 is 1.28 bits per heavy atom. The third kappa shape index (κ3) is 2.73. The standard InChI is InChI=1S/C16H16N6O3/c23-13(12-8-18-22(21-12)11-4-2-1-3-5-11)17-9-16(10-6-7-10)14(24)19-15(25)20-16/h1-5,8,10H,6-7,9H2,(H,17,23)(H2,19,20,24,25)/t16-/m0/s1. The highest BCUT2D eigenvalue weighted by atomic mass is 16.2. The minimum absolute atomic E-state index is 0.0201. The van der Waals surface area contributed by atoms with Gasteiger partial charge in [0.05, 0.1) is 18.4 Å². The quantitative estimate of drug-likeness (QED) is 0.662. The molecule has 4 rings (SSSR count). The van der Waals surface area contributed by atoms with Crippen LogP contribution < -0.4 is 16.0 Å². The summed E-state index contributed by atoms with van der Waals surface area (Å²) in [7, 11) is 0. The lowest BCUT2D eigenvalue weighted by atomic mass is 9.93. The molecule has 1 saturated heterocycles. The van der Waals surface area contributed by atoms with Crippen LogP contribution in [-0.4, -0.2) is 44.9 Å². The fourth-order valence-corrected chi connectivity index (χ4v) is 3.00. The summed E-state index contributed by atoms with van der Waals surface area (Å²) in [5.74, 6) is -0.802. The Morgan fingerprint density at radius 3 is 2.68 bits per heavy atom. The van der Waals surface area contributed by atoms with E-state index in [1.54, 1.807) is 0 Å². The van der Waals surface area contributed by atoms with Gasteiger partial charge in [-0.3, -0.25) is 14.9 Å². The van der Waals surface area contributed by atoms with Crippen molar-refractivity contribution in [2.45, 2.75) is 18.4 Å². The Balaban J connectivity index is 1.47. The third-order valence-corrected chi connectivity index (χ3v) is 4.48. The Bertz CT molecular complexity index is 845. The first kappa shape index (κ1) is 15.3. The summed E-state index contributed by atoms with van der Waals surface area (Å²) in [5.41, 5.74) is -0.194. The number of nitrogens with one attached hydrogen (secondary N) is 3. The van der Waals surface area contributed by atoms with Gasteiger partial charge in [-0.2, -0.15) is 9.90 Å². The molecule has 4 amide bonds. The molecular formula is C16H16N6O3. The smallest absolute Gasteiger partial charge is 0.322 e. The first-order valence-corrected chi connectivity index (χ1v) is 7.98. The maximum Gasteiger partial charge on any atom is 0.322 e. The van der Waals surface area contributed by atoms with Gasteiger partial charge in [-0.15, -0.1) is 5.10 Å². The number of urea groups is 1. The summed E-state index contributed by atoms with van der Waals surface area (Å²) in [4.78, 5) is 37.3. The largest absolute Gasteiger partial charge is 0.348 e. The van der Waals surface area contributed by atoms with Crippen LogP contribution in [0.25, 0.3) is 5.69 Å². The lowest BCUT2D eigenvalue weighted by molar-refractivity contribution is -0.124. The number of rotatable bonds is 5. The molecule has 1 aromatic heterocycles. The zero-order chi connectivity index (χ0) is 17.4. The van der Waals surface area contributed by atoms with Crippen molar-refractivity contribution in [3.05, 3.63) is 42.2 Å². The molecule has 25 heavy (non-hydrogen) atoms. The van der Waals surface area contributed by atoms with Crippen molar-refractivity contribution in [1.29, 1.82) is 0 Å². The van der Waals surface area contributed by atoms with E-state index in [9.17, 15) is 14.4 Å². The molecule has 0 bridgehead atoms. The summed E-state index contributed by atoms with van der Waals surface area (Å²) in [6.07, 6.45) is 3.04. The van der Waals surface area contributed by atoms with Crippen LogP contribution in [0.4, 0.5) is 4.79 Å². The summed E-state index contributed by atoms with van der Waals surface area (Å²) < 4.78 is 0. The van der Waals surface area contributed by atoms with Crippen LogP contribution >= 0.6 is 0 Å². The van der Waals surface area contributed by atoms with Crippen LogP contribution in [0.5, 0.6) is 0 Å². The van der Waals surface area contributed by atoms with Gasteiger partial charge in [0.15, 0.2) is 5.69 Å². The van der Waals surface area contributed by atoms with Crippen molar-refractivity contribution < 1.29 is 14.4 Å². The van der Waals surface area contributed by atoms with Gasteiger partial charge in [-0.25, -0.2) is 4.79 Å². The van der Waals surface area contributed by atoms with E-state index in [1.165, 1.54) is 11.0 Å². The number of para-hydroxylation sites is 1. The highest BCUT2D eigenvalue weighted by Gasteiger charge is 2.56. The van der Waals surface area contributed by atoms with E-state index in [1.807, 2.05) is 30.3 Å². The van der Waals surface area contributed by atoms with E-state index >= 15 is 0 Å². The molecule has 1 aliphatic heterocycles. The first-order valence-electron chi connectivity index (χ1n) is 7.98. The Morgan fingerprint density at radius 2 is 2.04 bits per heavy atom. The van der Waals surface area contributed by atoms with E-state index < -0.39 is 23.4 Å². The molecule has 1 aromatic carbocycles. The molecule has 1 aliphatic carbocycles. The molecule has 9 nitrogen and oxygen atoms in total. The second kappa shape index (κ2) is 5.69. The van der Waals surface area contributed by atoms with E-state index in [-0.39, 0.29) is 18.2 Å². The van der Waals surface area contributed by atoms with Crippen LogP contribution in [0.1, 0.15) is 23.3 Å². The van der Waals surface area contributed by atoms with Crippen molar-refractivity contribution in [3.8, 4) is 5.69 Å². The number of benzene rings is 1. The van der Waals surface area contributed by atoms with Gasteiger partial charge in [-0.05, 0) is 30.9 Å². The van der Waals surface area contributed by atoms with Crippen LogP contribution in [0, 0.1) is 5.92 Å². The molecule has 2 heterocycles. The van der Waals surface area contributed by atoms with Gasteiger partial charge < -0.3 is 10.6 Å². The number of carbonyl (C=O) groups excluding carboxylic acids is 3. The molecular weight excluding hydrogens is 324 g/mol. The van der Waals surface area contributed by atoms with Gasteiger partial charge in [-0.1, -0.05) is 18.2 Å². The fraction of sp³-hybridized carbons (Fsp3) is 0.312. The number of aromatic nitrogens is 3. The molecule has 0 radical (unpaired) electrons. The number of nitrogens with zero attached hydrogens (tertiary/aromatic N) is 3. The van der Waals surface area contributed by atoms with Gasteiger partial charge >= 0.3 is 6.03 Å². The molecule has 3 N–H and O–H groups in total. The number of imide groups is 1. The monoisotopic (exact) mass is 340 g/mol. The van der Waals surface area contributed by atoms with Crippen LogP contribution in [0.15, 0.2) is 36.5 Å². The Labute approximate surface area is 142 Å². The van der Waals surface area contributed by atoms with Gasteiger partial charge in [0.2, 0.25) is 0 Å². The highest BCUT2D eigenvalue weighted by Crippen LogP contribution is 2.41. The lowest BCUT2D eigenvalue weighted by Gasteiger charge is -2.25. The maximum absolute atomic E-state index is 12.3. The molecule has 1 saturated carbocycles. The molecule has 128 valence electrons. The molecule has 2 aliphatic rings. The van der Waals surface area contributed by atoms with Gasteiger partial charge in [0.25, 0.3) is 11.8 Å². The molecule has 1 atom stereocenters. The minimum Gasteiger partial charge on any atom is -0.348 e. The van der Waals surface area contributed by atoms with E-state index in [2.05, 4.69) is 26.1 Å². The van der Waals surface area contributed by atoms with Crippen molar-refractivity contribution >= 4 is 17.8 Å². The second-order valence-electron chi connectivity index (χ2n) is 6.19. The zero-order valence-corrected chi connectivity index (χ0v) is 13.2. The zero-order valence-electron chi connectivity index (χ0n) is 13.2.